The average Bonchev–Trinajstić information content (AvgIpc) is 2.39. The summed E-state index contributed by atoms with van der Waals surface area (Å²) in [5.41, 5.74) is 5.74. The smallest absolute Gasteiger partial charge is 0.240 e. The Morgan fingerprint density at radius 3 is 2.65 bits per heavy atom. The van der Waals surface area contributed by atoms with E-state index in [1.807, 2.05) is 6.07 Å². The largest absolute Gasteiger partial charge is 0.330 e. The van der Waals surface area contributed by atoms with Gasteiger partial charge >= 0.3 is 0 Å². The summed E-state index contributed by atoms with van der Waals surface area (Å²) in [6.45, 7) is 0.541. The average molecular weight is 431 g/mol. The van der Waals surface area contributed by atoms with Crippen LogP contribution in [0, 0.1) is 9.49 Å². The van der Waals surface area contributed by atoms with E-state index >= 15 is 0 Å². The van der Waals surface area contributed by atoms with E-state index < -0.39 is 10.0 Å². The fourth-order valence-electron chi connectivity index (χ4n) is 2.55. The first-order chi connectivity index (χ1) is 9.03. The van der Waals surface area contributed by atoms with Crippen LogP contribution in [0.5, 0.6) is 0 Å². The van der Waals surface area contributed by atoms with Crippen molar-refractivity contribution in [3.8, 4) is 0 Å². The van der Waals surface area contributed by atoms with Crippen LogP contribution in [0.1, 0.15) is 25.7 Å². The van der Waals surface area contributed by atoms with Crippen LogP contribution in [-0.2, 0) is 10.0 Å². The Balaban J connectivity index is 0.00000200. The maximum Gasteiger partial charge on any atom is 0.240 e. The van der Waals surface area contributed by atoms with Crippen molar-refractivity contribution >= 4 is 45.0 Å². The summed E-state index contributed by atoms with van der Waals surface area (Å²) in [5.74, 6) is 0.256. The van der Waals surface area contributed by atoms with E-state index in [0.29, 0.717) is 11.4 Å². The molecule has 2 atom stereocenters. The number of hydrogen-bond acceptors (Lipinski definition) is 3. The highest BCUT2D eigenvalue weighted by atomic mass is 127. The van der Waals surface area contributed by atoms with Crippen LogP contribution in [-0.4, -0.2) is 21.0 Å². The third-order valence-corrected chi connectivity index (χ3v) is 5.78. The van der Waals surface area contributed by atoms with Gasteiger partial charge in [-0.15, -0.1) is 12.4 Å². The molecule has 1 fully saturated rings. The molecular formula is C13H20ClIN2O2S. The van der Waals surface area contributed by atoms with E-state index in [0.717, 1.165) is 29.3 Å². The minimum atomic E-state index is -3.44. The lowest BCUT2D eigenvalue weighted by atomic mass is 9.85. The molecule has 114 valence electrons. The van der Waals surface area contributed by atoms with Crippen LogP contribution in [0.4, 0.5) is 0 Å². The molecule has 0 aliphatic heterocycles. The zero-order chi connectivity index (χ0) is 13.9. The lowest BCUT2D eigenvalue weighted by molar-refractivity contribution is 0.296. The number of halogens is 2. The maximum atomic E-state index is 12.4. The predicted octanol–water partition coefficient (Wildman–Crippen LogP) is 2.51. The van der Waals surface area contributed by atoms with Crippen LogP contribution in [0.2, 0.25) is 0 Å². The molecule has 0 aromatic heterocycles. The first kappa shape index (κ1) is 18.2. The summed E-state index contributed by atoms with van der Waals surface area (Å²) in [6.07, 6.45) is 4.10. The van der Waals surface area contributed by atoms with Crippen molar-refractivity contribution in [2.75, 3.05) is 6.54 Å². The zero-order valence-corrected chi connectivity index (χ0v) is 14.9. The topological polar surface area (TPSA) is 72.2 Å². The minimum absolute atomic E-state index is 0. The van der Waals surface area contributed by atoms with E-state index in [-0.39, 0.29) is 24.4 Å². The molecule has 1 aromatic carbocycles. The van der Waals surface area contributed by atoms with E-state index in [9.17, 15) is 8.42 Å². The minimum Gasteiger partial charge on any atom is -0.330 e. The third-order valence-electron chi connectivity index (χ3n) is 3.62. The molecule has 0 amide bonds. The van der Waals surface area contributed by atoms with Gasteiger partial charge in [0.25, 0.3) is 0 Å². The van der Waals surface area contributed by atoms with Crippen LogP contribution in [0.3, 0.4) is 0 Å². The lowest BCUT2D eigenvalue weighted by Crippen LogP contribution is -2.44. The summed E-state index contributed by atoms with van der Waals surface area (Å²) in [5, 5.41) is 0. The van der Waals surface area contributed by atoms with E-state index in [1.165, 1.54) is 0 Å². The predicted molar refractivity (Wildman–Crippen MR) is 91.5 cm³/mol. The second kappa shape index (κ2) is 7.93. The standard InChI is InChI=1S/C13H19IN2O2S.ClH/c14-11-5-3-6-12(8-11)19(17,18)16-13-7-2-1-4-10(13)9-15;/h3,5-6,8,10,13,16H,1-2,4,7,9,15H2;1H. The van der Waals surface area contributed by atoms with Crippen LogP contribution >= 0.6 is 35.0 Å². The van der Waals surface area contributed by atoms with Gasteiger partial charge in [0.2, 0.25) is 10.0 Å². The van der Waals surface area contributed by atoms with Crippen LogP contribution in [0.25, 0.3) is 0 Å². The molecule has 0 radical (unpaired) electrons. The maximum absolute atomic E-state index is 12.4. The summed E-state index contributed by atoms with van der Waals surface area (Å²) >= 11 is 2.12. The van der Waals surface area contributed by atoms with Crippen molar-refractivity contribution in [2.45, 2.75) is 36.6 Å². The number of hydrogen-bond donors (Lipinski definition) is 2. The fraction of sp³-hybridized carbons (Fsp3) is 0.538. The fourth-order valence-corrected chi connectivity index (χ4v) is 4.69. The molecule has 0 saturated heterocycles. The van der Waals surface area contributed by atoms with Crippen molar-refractivity contribution in [1.82, 2.24) is 4.72 Å². The Labute approximate surface area is 140 Å². The molecule has 2 unspecified atom stereocenters. The van der Waals surface area contributed by atoms with Crippen LogP contribution in [0.15, 0.2) is 29.2 Å². The summed E-state index contributed by atoms with van der Waals surface area (Å²) in [7, 11) is -3.44. The Kier molecular flexibility index (Phi) is 7.20. The van der Waals surface area contributed by atoms with Crippen molar-refractivity contribution in [1.29, 1.82) is 0 Å². The number of nitrogens with two attached hydrogens (primary N) is 1. The molecule has 1 aliphatic carbocycles. The quantitative estimate of drug-likeness (QED) is 0.721. The molecule has 1 saturated carbocycles. The second-order valence-electron chi connectivity index (χ2n) is 4.97. The van der Waals surface area contributed by atoms with Crippen molar-refractivity contribution in [3.05, 3.63) is 27.8 Å². The molecule has 0 spiro atoms. The lowest BCUT2D eigenvalue weighted by Gasteiger charge is -2.31. The molecule has 0 bridgehead atoms. The van der Waals surface area contributed by atoms with Crippen molar-refractivity contribution in [3.63, 3.8) is 0 Å². The molecule has 7 heteroatoms. The Bertz CT molecular complexity index is 539. The van der Waals surface area contributed by atoms with Crippen LogP contribution < -0.4 is 10.5 Å². The SMILES string of the molecule is Cl.NCC1CCCCC1NS(=O)(=O)c1cccc(I)c1. The summed E-state index contributed by atoms with van der Waals surface area (Å²) in [6, 6.07) is 6.93. The van der Waals surface area contributed by atoms with Gasteiger partial charge in [-0.3, -0.25) is 0 Å². The number of rotatable bonds is 4. The normalized spacial score (nSPS) is 23.1. The van der Waals surface area contributed by atoms with Crippen molar-refractivity contribution in [2.24, 2.45) is 11.7 Å². The molecule has 3 N–H and O–H groups in total. The second-order valence-corrected chi connectivity index (χ2v) is 7.93. The van der Waals surface area contributed by atoms with Gasteiger partial charge in [-0.1, -0.05) is 18.9 Å². The molecular weight excluding hydrogens is 411 g/mol. The Morgan fingerprint density at radius 2 is 2.00 bits per heavy atom. The number of nitrogens with one attached hydrogen (secondary N) is 1. The molecule has 1 aromatic rings. The van der Waals surface area contributed by atoms with Crippen molar-refractivity contribution < 1.29 is 8.42 Å². The summed E-state index contributed by atoms with van der Waals surface area (Å²) < 4.78 is 28.5. The van der Waals surface area contributed by atoms with Gasteiger partial charge in [0.1, 0.15) is 0 Å². The molecule has 20 heavy (non-hydrogen) atoms. The first-order valence-corrected chi connectivity index (χ1v) is 9.07. The highest BCUT2D eigenvalue weighted by Crippen LogP contribution is 2.25. The first-order valence-electron chi connectivity index (χ1n) is 6.51. The number of benzene rings is 1. The van der Waals surface area contributed by atoms with E-state index in [1.54, 1.807) is 18.2 Å². The van der Waals surface area contributed by atoms with Gasteiger partial charge in [-0.05, 0) is 66.1 Å². The third kappa shape index (κ3) is 4.56. The molecule has 4 nitrogen and oxygen atoms in total. The summed E-state index contributed by atoms with van der Waals surface area (Å²) in [4.78, 5) is 0.334. The Hall–Kier alpha value is 0.110. The monoisotopic (exact) mass is 430 g/mol. The molecule has 2 rings (SSSR count). The van der Waals surface area contributed by atoms with Gasteiger partial charge in [0.15, 0.2) is 0 Å². The highest BCUT2D eigenvalue weighted by molar-refractivity contribution is 14.1. The Morgan fingerprint density at radius 1 is 1.30 bits per heavy atom. The van der Waals surface area contributed by atoms with Gasteiger partial charge in [-0.2, -0.15) is 0 Å². The van der Waals surface area contributed by atoms with E-state index in [2.05, 4.69) is 27.3 Å². The van der Waals surface area contributed by atoms with Gasteiger partial charge in [0.05, 0.1) is 4.90 Å². The van der Waals surface area contributed by atoms with Gasteiger partial charge in [0, 0.05) is 9.61 Å². The molecule has 1 aliphatic rings. The van der Waals surface area contributed by atoms with Gasteiger partial charge < -0.3 is 5.73 Å². The zero-order valence-electron chi connectivity index (χ0n) is 11.1. The number of sulfonamides is 1. The van der Waals surface area contributed by atoms with E-state index in [4.69, 9.17) is 5.73 Å². The highest BCUT2D eigenvalue weighted by Gasteiger charge is 2.28. The van der Waals surface area contributed by atoms with Gasteiger partial charge in [-0.25, -0.2) is 13.1 Å². The molecule has 0 heterocycles.